The van der Waals surface area contributed by atoms with Crippen LogP contribution in [-0.2, 0) is 14.3 Å². The van der Waals surface area contributed by atoms with Gasteiger partial charge in [-0.25, -0.2) is 0 Å². The van der Waals surface area contributed by atoms with Crippen molar-refractivity contribution in [2.45, 2.75) is 90.1 Å². The summed E-state index contributed by atoms with van der Waals surface area (Å²) in [7, 11) is 0. The highest BCUT2D eigenvalue weighted by molar-refractivity contribution is 6.01. The zero-order valence-electron chi connectivity index (χ0n) is 19.7. The lowest BCUT2D eigenvalue weighted by Crippen LogP contribution is -2.64. The molecule has 178 valence electrons. The molecule has 4 aliphatic rings. The van der Waals surface area contributed by atoms with E-state index in [9.17, 15) is 24.9 Å². The normalized spacial score (nSPS) is 46.2. The quantitative estimate of drug-likeness (QED) is 0.580. The highest BCUT2D eigenvalue weighted by Gasteiger charge is 2.72. The third-order valence-electron chi connectivity index (χ3n) is 9.35. The summed E-state index contributed by atoms with van der Waals surface area (Å²) >= 11 is 0. The molecule has 4 rings (SSSR count). The topological polar surface area (TPSA) is 104 Å². The lowest BCUT2D eigenvalue weighted by atomic mass is 9.46. The van der Waals surface area contributed by atoms with Gasteiger partial charge in [-0.15, -0.1) is 0 Å². The maximum absolute atomic E-state index is 13.0. The van der Waals surface area contributed by atoms with Crippen molar-refractivity contribution in [1.29, 1.82) is 0 Å². The maximum Gasteiger partial charge on any atom is 0.192 e. The molecule has 32 heavy (non-hydrogen) atoms. The number of ether oxygens (including phenoxy) is 1. The van der Waals surface area contributed by atoms with Crippen LogP contribution >= 0.6 is 0 Å². The second-order valence-electron chi connectivity index (χ2n) is 11.0. The first-order valence-electron chi connectivity index (χ1n) is 12.2. The van der Waals surface area contributed by atoms with Gasteiger partial charge in [-0.2, -0.15) is 0 Å². The Labute approximate surface area is 190 Å². The van der Waals surface area contributed by atoms with E-state index in [1.54, 1.807) is 12.2 Å². The number of allylic oxidation sites excluding steroid dienone is 4. The SMILES string of the molecule is CCCC(C)O[C@@H]1CC2C3CCC4=CC(=O)C=C[C@]4(C)C3C(O)C[C@]2(C)[C@@]1(O)C(=O)CO. The summed E-state index contributed by atoms with van der Waals surface area (Å²) in [6, 6.07) is 0. The summed E-state index contributed by atoms with van der Waals surface area (Å²) in [5.41, 5.74) is -2.07. The molecule has 0 aromatic carbocycles. The number of aliphatic hydroxyl groups is 3. The van der Waals surface area contributed by atoms with Gasteiger partial charge in [0.1, 0.15) is 6.61 Å². The first-order chi connectivity index (χ1) is 15.0. The lowest BCUT2D eigenvalue weighted by Gasteiger charge is -2.59. The van der Waals surface area contributed by atoms with E-state index in [1.807, 2.05) is 19.9 Å². The average Bonchev–Trinajstić information content (AvgIpc) is 2.95. The summed E-state index contributed by atoms with van der Waals surface area (Å²) in [4.78, 5) is 25.0. The van der Waals surface area contributed by atoms with Gasteiger partial charge in [0.15, 0.2) is 17.2 Å². The zero-order chi connectivity index (χ0) is 23.5. The van der Waals surface area contributed by atoms with Crippen LogP contribution in [0.1, 0.15) is 66.2 Å². The van der Waals surface area contributed by atoms with Gasteiger partial charge in [0, 0.05) is 16.7 Å². The van der Waals surface area contributed by atoms with Gasteiger partial charge in [-0.05, 0) is 63.0 Å². The predicted octanol–water partition coefficient (Wildman–Crippen LogP) is 2.74. The molecule has 6 nitrogen and oxygen atoms in total. The first-order valence-corrected chi connectivity index (χ1v) is 12.2. The molecule has 0 heterocycles. The predicted molar refractivity (Wildman–Crippen MR) is 120 cm³/mol. The van der Waals surface area contributed by atoms with E-state index in [-0.39, 0.29) is 36.1 Å². The average molecular weight is 447 g/mol. The van der Waals surface area contributed by atoms with Crippen LogP contribution < -0.4 is 0 Å². The number of hydrogen-bond donors (Lipinski definition) is 3. The number of carbonyl (C=O) groups excluding carboxylic acids is 2. The van der Waals surface area contributed by atoms with Gasteiger partial charge in [-0.1, -0.05) is 38.8 Å². The Hall–Kier alpha value is -1.34. The number of aliphatic hydroxyl groups excluding tert-OH is 2. The van der Waals surface area contributed by atoms with Crippen molar-refractivity contribution < 1.29 is 29.6 Å². The van der Waals surface area contributed by atoms with Gasteiger partial charge in [0.2, 0.25) is 0 Å². The molecule has 0 saturated heterocycles. The monoisotopic (exact) mass is 446 g/mol. The highest BCUT2D eigenvalue weighted by atomic mass is 16.5. The number of rotatable bonds is 6. The van der Waals surface area contributed by atoms with Gasteiger partial charge in [0.25, 0.3) is 0 Å². The summed E-state index contributed by atoms with van der Waals surface area (Å²) < 4.78 is 6.27. The Kier molecular flexibility index (Phi) is 6.07. The number of hydrogen-bond acceptors (Lipinski definition) is 6. The number of fused-ring (bicyclic) bond motifs is 5. The van der Waals surface area contributed by atoms with Crippen molar-refractivity contribution in [3.8, 4) is 0 Å². The Bertz CT molecular complexity index is 847. The molecule has 0 aromatic rings. The third-order valence-corrected chi connectivity index (χ3v) is 9.35. The van der Waals surface area contributed by atoms with Crippen LogP contribution in [-0.4, -0.2) is 57.4 Å². The van der Waals surface area contributed by atoms with E-state index < -0.39 is 41.0 Å². The molecule has 0 spiro atoms. The first kappa shape index (κ1) is 23.8. The maximum atomic E-state index is 13.0. The number of Topliss-reactive ketones (excluding diaryl/α,β-unsaturated/α-hetero) is 1. The Balaban J connectivity index is 1.74. The van der Waals surface area contributed by atoms with Crippen LogP contribution in [0.3, 0.4) is 0 Å². The molecule has 0 bridgehead atoms. The molecular weight excluding hydrogens is 408 g/mol. The third kappa shape index (κ3) is 3.21. The van der Waals surface area contributed by atoms with Crippen molar-refractivity contribution in [1.82, 2.24) is 0 Å². The van der Waals surface area contributed by atoms with Crippen molar-refractivity contribution in [2.24, 2.45) is 28.6 Å². The van der Waals surface area contributed by atoms with Crippen LogP contribution in [0, 0.1) is 28.6 Å². The molecule has 4 aliphatic carbocycles. The fraction of sp³-hybridized carbons (Fsp3) is 0.769. The second kappa shape index (κ2) is 8.15. The largest absolute Gasteiger partial charge is 0.393 e. The number of ketones is 2. The highest BCUT2D eigenvalue weighted by Crippen LogP contribution is 2.67. The molecule has 0 aromatic heterocycles. The van der Waals surface area contributed by atoms with E-state index in [4.69, 9.17) is 4.74 Å². The molecule has 5 unspecified atom stereocenters. The van der Waals surface area contributed by atoms with E-state index >= 15 is 0 Å². The fourth-order valence-electron chi connectivity index (χ4n) is 7.84. The Morgan fingerprint density at radius 2 is 2.06 bits per heavy atom. The van der Waals surface area contributed by atoms with Crippen LogP contribution in [0.4, 0.5) is 0 Å². The van der Waals surface area contributed by atoms with Crippen molar-refractivity contribution in [2.75, 3.05) is 6.61 Å². The number of carbonyl (C=O) groups is 2. The van der Waals surface area contributed by atoms with Crippen molar-refractivity contribution in [3.05, 3.63) is 23.8 Å². The molecule has 0 aliphatic heterocycles. The zero-order valence-corrected chi connectivity index (χ0v) is 19.7. The second-order valence-corrected chi connectivity index (χ2v) is 11.0. The van der Waals surface area contributed by atoms with E-state index in [0.717, 1.165) is 31.3 Å². The van der Waals surface area contributed by atoms with E-state index in [0.29, 0.717) is 6.42 Å². The Morgan fingerprint density at radius 1 is 1.34 bits per heavy atom. The molecule has 6 heteroatoms. The fourth-order valence-corrected chi connectivity index (χ4v) is 7.84. The van der Waals surface area contributed by atoms with Crippen LogP contribution in [0.25, 0.3) is 0 Å². The molecule has 3 N–H and O–H groups in total. The molecule has 9 atom stereocenters. The molecular formula is C26H38O6. The summed E-state index contributed by atoms with van der Waals surface area (Å²) in [6.45, 7) is 7.27. The summed E-state index contributed by atoms with van der Waals surface area (Å²) in [5, 5.41) is 33.1. The van der Waals surface area contributed by atoms with E-state index in [2.05, 4.69) is 13.8 Å². The van der Waals surface area contributed by atoms with Crippen molar-refractivity contribution >= 4 is 11.6 Å². The van der Waals surface area contributed by atoms with Gasteiger partial charge < -0.3 is 20.1 Å². The molecule has 0 amide bonds. The lowest BCUT2D eigenvalue weighted by molar-refractivity contribution is -0.199. The smallest absolute Gasteiger partial charge is 0.192 e. The van der Waals surface area contributed by atoms with Crippen LogP contribution in [0.5, 0.6) is 0 Å². The summed E-state index contributed by atoms with van der Waals surface area (Å²) in [5.74, 6) is -0.664. The van der Waals surface area contributed by atoms with Gasteiger partial charge in [-0.3, -0.25) is 9.59 Å². The van der Waals surface area contributed by atoms with Gasteiger partial charge >= 0.3 is 0 Å². The van der Waals surface area contributed by atoms with Crippen LogP contribution in [0.2, 0.25) is 0 Å². The minimum Gasteiger partial charge on any atom is -0.393 e. The van der Waals surface area contributed by atoms with E-state index in [1.165, 1.54) is 0 Å². The molecule has 3 saturated carbocycles. The van der Waals surface area contributed by atoms with Crippen LogP contribution in [0.15, 0.2) is 23.8 Å². The van der Waals surface area contributed by atoms with Crippen molar-refractivity contribution in [3.63, 3.8) is 0 Å². The standard InChI is InChI=1S/C26H38O6/c1-5-6-15(2)32-22-12-19-18-8-7-16-11-17(28)9-10-24(16,3)23(18)20(29)13-25(19,4)26(22,31)21(30)14-27/h9-11,15,18-20,22-23,27,29,31H,5-8,12-14H2,1-4H3/t15?,18?,19?,20?,22-,23?,24+,25+,26-/m1/s1. The molecule has 0 radical (unpaired) electrons. The summed E-state index contributed by atoms with van der Waals surface area (Å²) in [6.07, 6.45) is 7.80. The van der Waals surface area contributed by atoms with Gasteiger partial charge in [0.05, 0.1) is 18.3 Å². The minimum atomic E-state index is -1.84. The Morgan fingerprint density at radius 3 is 2.72 bits per heavy atom. The molecule has 3 fully saturated rings. The minimum absolute atomic E-state index is 0.00628.